The van der Waals surface area contributed by atoms with Crippen LogP contribution in [0.1, 0.15) is 39.9 Å². The maximum Gasteiger partial charge on any atom is 0.248 e. The Bertz CT molecular complexity index is 670. The molecule has 3 rings (SSSR count). The van der Waals surface area contributed by atoms with E-state index in [0.717, 1.165) is 18.4 Å². The van der Waals surface area contributed by atoms with Crippen molar-refractivity contribution in [1.29, 1.82) is 0 Å². The molecule has 0 aromatic heterocycles. The van der Waals surface area contributed by atoms with Gasteiger partial charge >= 0.3 is 0 Å². The molecule has 0 heterocycles. The van der Waals surface area contributed by atoms with Crippen LogP contribution in [0.15, 0.2) is 42.5 Å². The Balaban J connectivity index is 2.11. The number of nitrogens with two attached hydrogens (primary N) is 1. The smallest absolute Gasteiger partial charge is 0.248 e. The maximum absolute atomic E-state index is 11.5. The van der Waals surface area contributed by atoms with Gasteiger partial charge in [-0.05, 0) is 54.7 Å². The minimum atomic E-state index is -0.383. The Labute approximate surface area is 118 Å². The van der Waals surface area contributed by atoms with E-state index in [9.17, 15) is 9.90 Å². The molecule has 3 N–H and O–H groups in total. The van der Waals surface area contributed by atoms with Gasteiger partial charge in [-0.1, -0.05) is 24.3 Å². The number of amides is 1. The molecule has 1 amide bonds. The summed E-state index contributed by atoms with van der Waals surface area (Å²) in [4.78, 5) is 11.5. The molecule has 0 atom stereocenters. The molecule has 3 heteroatoms. The third-order valence-electron chi connectivity index (χ3n) is 4.28. The fraction of sp³-hybridized carbons (Fsp3) is 0.235. The first kappa shape index (κ1) is 12.7. The average molecular weight is 267 g/mol. The van der Waals surface area contributed by atoms with Gasteiger partial charge < -0.3 is 10.8 Å². The highest BCUT2D eigenvalue weighted by molar-refractivity contribution is 5.94. The summed E-state index contributed by atoms with van der Waals surface area (Å²) in [5.41, 5.74) is 9.31. The number of phenolic OH excluding ortho intramolecular Hbond substituents is 1. The molecule has 1 aliphatic rings. The van der Waals surface area contributed by atoms with E-state index < -0.39 is 0 Å². The molecule has 1 aliphatic carbocycles. The van der Waals surface area contributed by atoms with Crippen molar-refractivity contribution in [2.45, 2.75) is 25.2 Å². The van der Waals surface area contributed by atoms with Gasteiger partial charge in [-0.3, -0.25) is 4.79 Å². The van der Waals surface area contributed by atoms with Crippen LogP contribution in [0.25, 0.3) is 0 Å². The first-order chi connectivity index (χ1) is 9.54. The minimum absolute atomic E-state index is 0.0246. The third kappa shape index (κ3) is 1.86. The summed E-state index contributed by atoms with van der Waals surface area (Å²) in [5.74, 6) is -0.113. The van der Waals surface area contributed by atoms with E-state index in [1.54, 1.807) is 18.2 Å². The first-order valence-electron chi connectivity index (χ1n) is 6.74. The van der Waals surface area contributed by atoms with Gasteiger partial charge in [-0.15, -0.1) is 0 Å². The molecule has 0 saturated heterocycles. The van der Waals surface area contributed by atoms with E-state index in [0.29, 0.717) is 5.56 Å². The monoisotopic (exact) mass is 267 g/mol. The van der Waals surface area contributed by atoms with Crippen molar-refractivity contribution in [3.05, 3.63) is 64.7 Å². The molecule has 20 heavy (non-hydrogen) atoms. The molecular weight excluding hydrogens is 250 g/mol. The number of hydrogen-bond acceptors (Lipinski definition) is 2. The number of phenols is 1. The summed E-state index contributed by atoms with van der Waals surface area (Å²) in [6, 6.07) is 13.1. The highest BCUT2D eigenvalue weighted by atomic mass is 16.3. The zero-order chi connectivity index (χ0) is 14.3. The summed E-state index contributed by atoms with van der Waals surface area (Å²) >= 11 is 0. The second-order valence-corrected chi connectivity index (χ2v) is 5.47. The van der Waals surface area contributed by atoms with E-state index in [4.69, 9.17) is 5.73 Å². The van der Waals surface area contributed by atoms with Crippen molar-refractivity contribution in [3.63, 3.8) is 0 Å². The zero-order valence-electron chi connectivity index (χ0n) is 11.4. The molecule has 1 saturated carbocycles. The lowest BCUT2D eigenvalue weighted by Gasteiger charge is -2.20. The molecule has 0 unspecified atom stereocenters. The van der Waals surface area contributed by atoms with E-state index in [1.807, 2.05) is 25.1 Å². The predicted octanol–water partition coefficient (Wildman–Crippen LogP) is 2.88. The van der Waals surface area contributed by atoms with Crippen molar-refractivity contribution >= 4 is 5.91 Å². The predicted molar refractivity (Wildman–Crippen MR) is 77.8 cm³/mol. The highest BCUT2D eigenvalue weighted by Gasteiger charge is 2.46. The lowest BCUT2D eigenvalue weighted by molar-refractivity contribution is 0.0999. The molecule has 0 bridgehead atoms. The van der Waals surface area contributed by atoms with Gasteiger partial charge in [0.15, 0.2) is 0 Å². The Hall–Kier alpha value is -2.29. The van der Waals surface area contributed by atoms with Gasteiger partial charge in [-0.25, -0.2) is 0 Å². The number of benzene rings is 2. The van der Waals surface area contributed by atoms with Crippen LogP contribution in [0.3, 0.4) is 0 Å². The van der Waals surface area contributed by atoms with E-state index >= 15 is 0 Å². The number of carbonyl (C=O) groups is 1. The second-order valence-electron chi connectivity index (χ2n) is 5.47. The molecule has 1 fully saturated rings. The van der Waals surface area contributed by atoms with Gasteiger partial charge in [0.1, 0.15) is 5.75 Å². The Morgan fingerprint density at radius 2 is 1.80 bits per heavy atom. The van der Waals surface area contributed by atoms with Gasteiger partial charge in [0, 0.05) is 11.0 Å². The molecular formula is C17H17NO2. The van der Waals surface area contributed by atoms with Crippen LogP contribution >= 0.6 is 0 Å². The van der Waals surface area contributed by atoms with Gasteiger partial charge in [0.2, 0.25) is 5.91 Å². The van der Waals surface area contributed by atoms with Gasteiger partial charge in [-0.2, -0.15) is 0 Å². The number of primary amides is 1. The van der Waals surface area contributed by atoms with Crippen molar-refractivity contribution in [2.24, 2.45) is 5.73 Å². The fourth-order valence-electron chi connectivity index (χ4n) is 3.04. The Kier molecular flexibility index (Phi) is 2.78. The number of carbonyl (C=O) groups excluding carboxylic acids is 1. The van der Waals surface area contributed by atoms with Crippen molar-refractivity contribution in [3.8, 4) is 5.75 Å². The van der Waals surface area contributed by atoms with Crippen LogP contribution in [0.4, 0.5) is 0 Å². The number of hydrogen-bond donors (Lipinski definition) is 2. The van der Waals surface area contributed by atoms with Crippen LogP contribution in [0.2, 0.25) is 0 Å². The van der Waals surface area contributed by atoms with E-state index in [2.05, 4.69) is 6.07 Å². The van der Waals surface area contributed by atoms with Crippen LogP contribution < -0.4 is 5.73 Å². The SMILES string of the molecule is Cc1c(C(N)=O)cccc1C1(c2ccc(O)cc2)CC1. The van der Waals surface area contributed by atoms with Crippen LogP contribution in [-0.4, -0.2) is 11.0 Å². The number of aromatic hydroxyl groups is 1. The molecule has 0 radical (unpaired) electrons. The molecule has 2 aromatic rings. The van der Waals surface area contributed by atoms with E-state index in [1.165, 1.54) is 11.1 Å². The normalized spacial score (nSPS) is 15.8. The van der Waals surface area contributed by atoms with Gasteiger partial charge in [0.05, 0.1) is 0 Å². The lowest BCUT2D eigenvalue weighted by atomic mass is 9.84. The van der Waals surface area contributed by atoms with Crippen molar-refractivity contribution in [1.82, 2.24) is 0 Å². The second kappa shape index (κ2) is 4.37. The Morgan fingerprint density at radius 1 is 1.15 bits per heavy atom. The number of rotatable bonds is 3. The summed E-state index contributed by atoms with van der Waals surface area (Å²) < 4.78 is 0. The van der Waals surface area contributed by atoms with Crippen LogP contribution in [0, 0.1) is 6.92 Å². The van der Waals surface area contributed by atoms with Crippen LogP contribution in [0.5, 0.6) is 5.75 Å². The third-order valence-corrected chi connectivity index (χ3v) is 4.28. The summed E-state index contributed by atoms with van der Waals surface area (Å²) in [7, 11) is 0. The Morgan fingerprint density at radius 3 is 2.35 bits per heavy atom. The van der Waals surface area contributed by atoms with Crippen molar-refractivity contribution in [2.75, 3.05) is 0 Å². The maximum atomic E-state index is 11.5. The standard InChI is InChI=1S/C17H17NO2/c1-11-14(16(18)20)3-2-4-15(11)17(9-10-17)12-5-7-13(19)8-6-12/h2-8,19H,9-10H2,1H3,(H2,18,20). The molecule has 0 aliphatic heterocycles. The van der Waals surface area contributed by atoms with Gasteiger partial charge in [0.25, 0.3) is 0 Å². The average Bonchev–Trinajstić information content (AvgIpc) is 3.21. The lowest BCUT2D eigenvalue weighted by Crippen LogP contribution is -2.17. The summed E-state index contributed by atoms with van der Waals surface area (Å²) in [6.07, 6.45) is 2.11. The topological polar surface area (TPSA) is 63.3 Å². The molecule has 102 valence electrons. The summed E-state index contributed by atoms with van der Waals surface area (Å²) in [5, 5.41) is 9.42. The molecule has 3 nitrogen and oxygen atoms in total. The molecule has 2 aromatic carbocycles. The van der Waals surface area contributed by atoms with Crippen LogP contribution in [-0.2, 0) is 5.41 Å². The largest absolute Gasteiger partial charge is 0.508 e. The minimum Gasteiger partial charge on any atom is -0.508 e. The van der Waals surface area contributed by atoms with Crippen molar-refractivity contribution < 1.29 is 9.90 Å². The van der Waals surface area contributed by atoms with E-state index in [-0.39, 0.29) is 17.1 Å². The quantitative estimate of drug-likeness (QED) is 0.898. The summed E-state index contributed by atoms with van der Waals surface area (Å²) in [6.45, 7) is 1.95. The zero-order valence-corrected chi connectivity index (χ0v) is 11.4. The first-order valence-corrected chi connectivity index (χ1v) is 6.74. The highest BCUT2D eigenvalue weighted by Crippen LogP contribution is 2.54. The fourth-order valence-corrected chi connectivity index (χ4v) is 3.04. The molecule has 0 spiro atoms.